The molecule has 0 amide bonds. The Hall–Kier alpha value is -1.88. The van der Waals surface area contributed by atoms with Crippen LogP contribution >= 0.6 is 0 Å². The van der Waals surface area contributed by atoms with Gasteiger partial charge in [-0.15, -0.1) is 0 Å². The molecule has 0 saturated carbocycles. The summed E-state index contributed by atoms with van der Waals surface area (Å²) in [5.74, 6) is 0. The van der Waals surface area contributed by atoms with Crippen LogP contribution in [0, 0.1) is 0 Å². The number of rotatable bonds is 5. The second-order valence-electron chi connectivity index (χ2n) is 6.17. The van der Waals surface area contributed by atoms with E-state index in [1.807, 2.05) is 12.1 Å². The first kappa shape index (κ1) is 15.0. The van der Waals surface area contributed by atoms with E-state index in [4.69, 9.17) is 0 Å². The van der Waals surface area contributed by atoms with E-state index in [0.717, 1.165) is 38.8 Å². The predicted molar refractivity (Wildman–Crippen MR) is 88.5 cm³/mol. The Morgan fingerprint density at radius 3 is 1.82 bits per heavy atom. The first-order valence-corrected chi connectivity index (χ1v) is 8.14. The van der Waals surface area contributed by atoms with Gasteiger partial charge in [-0.25, -0.2) is 0 Å². The van der Waals surface area contributed by atoms with Crippen molar-refractivity contribution in [1.82, 2.24) is 15.1 Å². The van der Waals surface area contributed by atoms with Gasteiger partial charge in [0.15, 0.2) is 0 Å². The fraction of sp³-hybridized carbons (Fsp3) is 0.529. The molecule has 0 atom stereocenters. The van der Waals surface area contributed by atoms with Gasteiger partial charge < -0.3 is 0 Å². The largest absolute Gasteiger partial charge is 0.300 e. The second kappa shape index (κ2) is 6.08. The van der Waals surface area contributed by atoms with Gasteiger partial charge in [0.05, 0.1) is 10.8 Å². The Balaban J connectivity index is 1.98. The molecule has 5 nitrogen and oxygen atoms in total. The van der Waals surface area contributed by atoms with Crippen LogP contribution in [0.3, 0.4) is 0 Å². The summed E-state index contributed by atoms with van der Waals surface area (Å²) in [6.07, 6.45) is 4.23. The molecule has 0 fully saturated rings. The third-order valence-electron chi connectivity index (χ3n) is 4.57. The highest BCUT2D eigenvalue weighted by Gasteiger charge is 2.27. The molecule has 0 saturated heterocycles. The van der Waals surface area contributed by atoms with Gasteiger partial charge in [-0.3, -0.25) is 24.7 Å². The summed E-state index contributed by atoms with van der Waals surface area (Å²) < 4.78 is 0. The summed E-state index contributed by atoms with van der Waals surface area (Å²) in [6, 6.07) is 4.31. The van der Waals surface area contributed by atoms with Crippen LogP contribution in [0.5, 0.6) is 0 Å². The number of nitrogens with one attached hydrogen (secondary N) is 2. The van der Waals surface area contributed by atoms with Crippen LogP contribution < -0.4 is 11.1 Å². The van der Waals surface area contributed by atoms with Crippen molar-refractivity contribution in [1.29, 1.82) is 0 Å². The Morgan fingerprint density at radius 1 is 0.955 bits per heavy atom. The molecule has 0 radical (unpaired) electrons. The van der Waals surface area contributed by atoms with Crippen molar-refractivity contribution in [3.63, 3.8) is 0 Å². The quantitative estimate of drug-likeness (QED) is 0.885. The van der Waals surface area contributed by atoms with Crippen molar-refractivity contribution < 1.29 is 0 Å². The number of fused-ring (bicyclic) bond motifs is 2. The minimum atomic E-state index is -0.222. The smallest absolute Gasteiger partial charge is 0.270 e. The fourth-order valence-corrected chi connectivity index (χ4v) is 3.58. The van der Waals surface area contributed by atoms with Crippen molar-refractivity contribution in [3.8, 4) is 0 Å². The maximum absolute atomic E-state index is 11.9. The van der Waals surface area contributed by atoms with Crippen molar-refractivity contribution in [2.45, 2.75) is 45.6 Å². The molecule has 0 spiro atoms. The Labute approximate surface area is 129 Å². The van der Waals surface area contributed by atoms with Crippen LogP contribution in [0.15, 0.2) is 21.7 Å². The first-order chi connectivity index (χ1) is 10.6. The molecule has 0 unspecified atom stereocenters. The lowest BCUT2D eigenvalue weighted by molar-refractivity contribution is 0.202. The van der Waals surface area contributed by atoms with Crippen LogP contribution in [0.2, 0.25) is 0 Å². The summed E-state index contributed by atoms with van der Waals surface area (Å²) in [4.78, 5) is 26.4. The van der Waals surface area contributed by atoms with E-state index in [0.29, 0.717) is 16.8 Å². The monoisotopic (exact) mass is 301 g/mol. The minimum absolute atomic E-state index is 0.222. The van der Waals surface area contributed by atoms with E-state index in [2.05, 4.69) is 28.9 Å². The van der Waals surface area contributed by atoms with Gasteiger partial charge in [-0.1, -0.05) is 13.8 Å². The van der Waals surface area contributed by atoms with E-state index in [9.17, 15) is 9.59 Å². The molecule has 1 aromatic heterocycles. The zero-order chi connectivity index (χ0) is 15.7. The molecular formula is C17H23N3O2. The van der Waals surface area contributed by atoms with Crippen molar-refractivity contribution in [2.24, 2.45) is 0 Å². The van der Waals surface area contributed by atoms with Crippen LogP contribution in [0.1, 0.15) is 37.8 Å². The molecule has 3 rings (SSSR count). The van der Waals surface area contributed by atoms with Crippen LogP contribution in [-0.4, -0.2) is 34.2 Å². The lowest BCUT2D eigenvalue weighted by Gasteiger charge is -2.27. The summed E-state index contributed by atoms with van der Waals surface area (Å²) in [6.45, 7) is 6.62. The number of aromatic nitrogens is 2. The molecule has 1 aliphatic carbocycles. The van der Waals surface area contributed by atoms with E-state index in [1.54, 1.807) is 0 Å². The standard InChI is InChI=1S/C17H23N3O2/c1-3-5-20(6-4-2)13-7-11-9-14-15(10-12(11)8-13)17(22)19-18-16(14)21/h9-10,13H,3-8H2,1-2H3,(H,18,21)(H,19,22). The Morgan fingerprint density at radius 2 is 1.41 bits per heavy atom. The van der Waals surface area contributed by atoms with Crippen LogP contribution in [0.25, 0.3) is 10.8 Å². The van der Waals surface area contributed by atoms with Gasteiger partial charge in [0, 0.05) is 6.04 Å². The molecule has 2 aromatic rings. The molecule has 5 heteroatoms. The average Bonchev–Trinajstić information content (AvgIpc) is 2.92. The number of H-pyrrole nitrogens is 2. The lowest BCUT2D eigenvalue weighted by atomic mass is 10.1. The molecule has 1 aliphatic rings. The molecule has 118 valence electrons. The van der Waals surface area contributed by atoms with Gasteiger partial charge in [-0.05, 0) is 62.0 Å². The number of nitrogens with zero attached hydrogens (tertiary/aromatic N) is 1. The molecule has 22 heavy (non-hydrogen) atoms. The van der Waals surface area contributed by atoms with Crippen LogP contribution in [-0.2, 0) is 12.8 Å². The van der Waals surface area contributed by atoms with Crippen LogP contribution in [0.4, 0.5) is 0 Å². The zero-order valence-electron chi connectivity index (χ0n) is 13.2. The third kappa shape index (κ3) is 2.61. The first-order valence-electron chi connectivity index (χ1n) is 8.14. The van der Waals surface area contributed by atoms with Gasteiger partial charge in [-0.2, -0.15) is 0 Å². The van der Waals surface area contributed by atoms with Gasteiger partial charge in [0.2, 0.25) is 0 Å². The SMILES string of the molecule is CCCN(CCC)C1Cc2cc3c(=O)[nH][nH]c(=O)c3cc2C1. The number of benzene rings is 1. The second-order valence-corrected chi connectivity index (χ2v) is 6.17. The Kier molecular flexibility index (Phi) is 4.16. The number of aromatic amines is 2. The highest BCUT2D eigenvalue weighted by molar-refractivity contribution is 5.82. The van der Waals surface area contributed by atoms with E-state index >= 15 is 0 Å². The fourth-order valence-electron chi connectivity index (χ4n) is 3.58. The van der Waals surface area contributed by atoms with E-state index < -0.39 is 0 Å². The van der Waals surface area contributed by atoms with Gasteiger partial charge >= 0.3 is 0 Å². The summed E-state index contributed by atoms with van der Waals surface area (Å²) in [7, 11) is 0. The van der Waals surface area contributed by atoms with E-state index in [-0.39, 0.29) is 11.1 Å². The molecule has 2 N–H and O–H groups in total. The highest BCUT2D eigenvalue weighted by Crippen LogP contribution is 2.28. The molecule has 0 aliphatic heterocycles. The predicted octanol–water partition coefficient (Wildman–Crippen LogP) is 1.81. The summed E-state index contributed by atoms with van der Waals surface area (Å²) in [5, 5.41) is 5.81. The average molecular weight is 301 g/mol. The number of hydrogen-bond donors (Lipinski definition) is 2. The molecule has 1 aromatic carbocycles. The topological polar surface area (TPSA) is 69.0 Å². The van der Waals surface area contributed by atoms with Gasteiger partial charge in [0.25, 0.3) is 11.1 Å². The highest BCUT2D eigenvalue weighted by atomic mass is 16.1. The molecular weight excluding hydrogens is 278 g/mol. The van der Waals surface area contributed by atoms with Crippen molar-refractivity contribution in [2.75, 3.05) is 13.1 Å². The number of hydrogen-bond acceptors (Lipinski definition) is 3. The third-order valence-corrected chi connectivity index (χ3v) is 4.57. The normalized spacial score (nSPS) is 14.9. The van der Waals surface area contributed by atoms with Crippen molar-refractivity contribution >= 4 is 10.8 Å². The van der Waals surface area contributed by atoms with Gasteiger partial charge in [0.1, 0.15) is 0 Å². The Bertz CT molecular complexity index is 726. The maximum atomic E-state index is 11.9. The zero-order valence-corrected chi connectivity index (χ0v) is 13.2. The molecule has 0 bridgehead atoms. The van der Waals surface area contributed by atoms with E-state index in [1.165, 1.54) is 11.1 Å². The summed E-state index contributed by atoms with van der Waals surface area (Å²) in [5.41, 5.74) is 1.98. The minimum Gasteiger partial charge on any atom is -0.300 e. The maximum Gasteiger partial charge on any atom is 0.270 e. The summed E-state index contributed by atoms with van der Waals surface area (Å²) >= 11 is 0. The van der Waals surface area contributed by atoms with Crippen molar-refractivity contribution in [3.05, 3.63) is 44.0 Å². The molecule has 1 heterocycles. The lowest BCUT2D eigenvalue weighted by Crippen LogP contribution is -2.37.